The van der Waals surface area contributed by atoms with Crippen molar-refractivity contribution in [2.75, 3.05) is 6.54 Å². The summed E-state index contributed by atoms with van der Waals surface area (Å²) in [6, 6.07) is 7.71. The first-order valence-corrected chi connectivity index (χ1v) is 6.36. The van der Waals surface area contributed by atoms with E-state index in [2.05, 4.69) is 10.3 Å². The number of nitrogens with one attached hydrogen (secondary N) is 1. The minimum absolute atomic E-state index is 0.122. The molecule has 0 spiro atoms. The molecule has 1 N–H and O–H groups in total. The van der Waals surface area contributed by atoms with Crippen LogP contribution in [0.1, 0.15) is 27.4 Å². The van der Waals surface area contributed by atoms with Gasteiger partial charge in [-0.1, -0.05) is 6.07 Å². The third-order valence-corrected chi connectivity index (χ3v) is 3.39. The molecule has 0 bridgehead atoms. The van der Waals surface area contributed by atoms with E-state index in [1.54, 1.807) is 6.20 Å². The van der Waals surface area contributed by atoms with Gasteiger partial charge in [0.2, 0.25) is 0 Å². The molecule has 0 amide bonds. The number of carbonyl (C=O) groups excluding carboxylic acids is 1. The number of Topliss-reactive ketones (excluding diaryl/α,β-unsaturated/α-hetero) is 1. The molecule has 0 aliphatic rings. The lowest BCUT2D eigenvalue weighted by Gasteiger charge is -2.04. The Morgan fingerprint density at radius 2 is 2.16 bits per heavy atom. The molecule has 0 saturated carbocycles. The summed E-state index contributed by atoms with van der Waals surface area (Å²) in [4.78, 5) is 16.3. The molecule has 0 aliphatic heterocycles. The largest absolute Gasteiger partial charge is 0.351 e. The Kier molecular flexibility index (Phi) is 4.12. The van der Waals surface area contributed by atoms with Gasteiger partial charge in [-0.25, -0.2) is 0 Å². The molecule has 0 radical (unpaired) electrons. The van der Waals surface area contributed by atoms with E-state index >= 15 is 0 Å². The minimum Gasteiger partial charge on any atom is -0.351 e. The van der Waals surface area contributed by atoms with Crippen molar-refractivity contribution in [3.05, 3.63) is 53.1 Å². The van der Waals surface area contributed by atoms with Gasteiger partial charge in [0.15, 0.2) is 5.78 Å². The number of nitrogens with zero attached hydrogens (tertiary/aromatic N) is 2. The van der Waals surface area contributed by atoms with E-state index < -0.39 is 0 Å². The molecule has 4 heteroatoms. The first-order valence-electron chi connectivity index (χ1n) is 6.36. The van der Waals surface area contributed by atoms with Gasteiger partial charge in [0.25, 0.3) is 0 Å². The van der Waals surface area contributed by atoms with E-state index in [-0.39, 0.29) is 5.78 Å². The highest BCUT2D eigenvalue weighted by Crippen LogP contribution is 2.13. The Labute approximate surface area is 113 Å². The third kappa shape index (κ3) is 3.09. The standard InChI is InChI=1S/C15H19N3O/c1-11-8-14(12(2)18(11)3)15(19)10-16-9-13-6-4-5-7-17-13/h4-8,16H,9-10H2,1-3H3. The maximum atomic E-state index is 12.1. The quantitative estimate of drug-likeness (QED) is 0.833. The fourth-order valence-electron chi connectivity index (χ4n) is 2.04. The van der Waals surface area contributed by atoms with Crippen molar-refractivity contribution in [2.24, 2.45) is 7.05 Å². The summed E-state index contributed by atoms with van der Waals surface area (Å²) in [5, 5.41) is 3.13. The van der Waals surface area contributed by atoms with Gasteiger partial charge < -0.3 is 9.88 Å². The molecule has 2 rings (SSSR count). The maximum Gasteiger partial charge on any atom is 0.178 e. The van der Waals surface area contributed by atoms with Gasteiger partial charge in [-0.05, 0) is 32.0 Å². The molecule has 0 atom stereocenters. The summed E-state index contributed by atoms with van der Waals surface area (Å²) in [5.41, 5.74) is 3.86. The normalized spacial score (nSPS) is 10.7. The number of ketones is 1. The molecule has 0 fully saturated rings. The van der Waals surface area contributed by atoms with Gasteiger partial charge in [0.05, 0.1) is 12.2 Å². The minimum atomic E-state index is 0.122. The van der Waals surface area contributed by atoms with Crippen molar-refractivity contribution >= 4 is 5.78 Å². The van der Waals surface area contributed by atoms with Crippen LogP contribution in [0.15, 0.2) is 30.5 Å². The Balaban J connectivity index is 1.93. The Morgan fingerprint density at radius 3 is 2.74 bits per heavy atom. The number of carbonyl (C=O) groups is 1. The average molecular weight is 257 g/mol. The van der Waals surface area contributed by atoms with Crippen LogP contribution in [0.25, 0.3) is 0 Å². The first kappa shape index (κ1) is 13.5. The number of aryl methyl sites for hydroxylation is 1. The monoisotopic (exact) mass is 257 g/mol. The Bertz CT molecular complexity index is 573. The molecule has 0 aliphatic carbocycles. The average Bonchev–Trinajstić information content (AvgIpc) is 2.68. The number of aromatic nitrogens is 2. The molecule has 0 saturated heterocycles. The van der Waals surface area contributed by atoms with Crippen molar-refractivity contribution in [1.82, 2.24) is 14.9 Å². The van der Waals surface area contributed by atoms with Crippen LogP contribution in [0.3, 0.4) is 0 Å². The molecule has 100 valence electrons. The predicted molar refractivity (Wildman–Crippen MR) is 75.2 cm³/mol. The fraction of sp³-hybridized carbons (Fsp3) is 0.333. The summed E-state index contributed by atoms with van der Waals surface area (Å²) in [5.74, 6) is 0.122. The lowest BCUT2D eigenvalue weighted by molar-refractivity contribution is 0.0990. The van der Waals surface area contributed by atoms with E-state index in [9.17, 15) is 4.79 Å². The van der Waals surface area contributed by atoms with Gasteiger partial charge in [-0.2, -0.15) is 0 Å². The van der Waals surface area contributed by atoms with Crippen molar-refractivity contribution in [2.45, 2.75) is 20.4 Å². The van der Waals surface area contributed by atoms with E-state index in [0.29, 0.717) is 13.1 Å². The van der Waals surface area contributed by atoms with Gasteiger partial charge >= 0.3 is 0 Å². The fourth-order valence-corrected chi connectivity index (χ4v) is 2.04. The second kappa shape index (κ2) is 5.80. The van der Waals surface area contributed by atoms with E-state index in [1.807, 2.05) is 49.7 Å². The lowest BCUT2D eigenvalue weighted by atomic mass is 10.1. The highest BCUT2D eigenvalue weighted by molar-refractivity contribution is 5.99. The van der Waals surface area contributed by atoms with Crippen molar-refractivity contribution in [3.8, 4) is 0 Å². The second-order valence-corrected chi connectivity index (χ2v) is 4.69. The van der Waals surface area contributed by atoms with Crippen molar-refractivity contribution < 1.29 is 4.79 Å². The highest BCUT2D eigenvalue weighted by atomic mass is 16.1. The van der Waals surface area contributed by atoms with Crippen LogP contribution < -0.4 is 5.32 Å². The third-order valence-electron chi connectivity index (χ3n) is 3.39. The van der Waals surface area contributed by atoms with E-state index in [4.69, 9.17) is 0 Å². The highest BCUT2D eigenvalue weighted by Gasteiger charge is 2.13. The van der Waals surface area contributed by atoms with E-state index in [0.717, 1.165) is 22.6 Å². The molecular formula is C15H19N3O. The molecule has 19 heavy (non-hydrogen) atoms. The van der Waals surface area contributed by atoms with E-state index in [1.165, 1.54) is 0 Å². The number of hydrogen-bond donors (Lipinski definition) is 1. The summed E-state index contributed by atoms with van der Waals surface area (Å²) < 4.78 is 2.03. The van der Waals surface area contributed by atoms with Crippen LogP contribution in [-0.2, 0) is 13.6 Å². The zero-order chi connectivity index (χ0) is 13.8. The molecule has 4 nitrogen and oxygen atoms in total. The SMILES string of the molecule is Cc1cc(C(=O)CNCc2ccccn2)c(C)n1C. The Morgan fingerprint density at radius 1 is 1.37 bits per heavy atom. The molecule has 2 aromatic rings. The topological polar surface area (TPSA) is 46.9 Å². The number of hydrogen-bond acceptors (Lipinski definition) is 3. The molecule has 0 unspecified atom stereocenters. The van der Waals surface area contributed by atoms with Gasteiger partial charge in [0, 0.05) is 36.7 Å². The first-order chi connectivity index (χ1) is 9.09. The zero-order valence-corrected chi connectivity index (χ0v) is 11.6. The summed E-state index contributed by atoms with van der Waals surface area (Å²) >= 11 is 0. The van der Waals surface area contributed by atoms with Crippen LogP contribution in [0, 0.1) is 13.8 Å². The second-order valence-electron chi connectivity index (χ2n) is 4.69. The summed E-state index contributed by atoms with van der Waals surface area (Å²) in [7, 11) is 1.97. The van der Waals surface area contributed by atoms with Crippen molar-refractivity contribution in [1.29, 1.82) is 0 Å². The molecule has 0 aromatic carbocycles. The van der Waals surface area contributed by atoms with Crippen LogP contribution in [0.5, 0.6) is 0 Å². The molecule has 2 aromatic heterocycles. The molecular weight excluding hydrogens is 238 g/mol. The maximum absolute atomic E-state index is 12.1. The predicted octanol–water partition coefficient (Wildman–Crippen LogP) is 2.01. The van der Waals surface area contributed by atoms with Gasteiger partial charge in [-0.15, -0.1) is 0 Å². The number of pyridine rings is 1. The zero-order valence-electron chi connectivity index (χ0n) is 11.6. The van der Waals surface area contributed by atoms with Gasteiger partial charge in [0.1, 0.15) is 0 Å². The Hall–Kier alpha value is -1.94. The van der Waals surface area contributed by atoms with Crippen LogP contribution >= 0.6 is 0 Å². The molecule has 2 heterocycles. The summed E-state index contributed by atoms with van der Waals surface area (Å²) in [6.07, 6.45) is 1.75. The van der Waals surface area contributed by atoms with Crippen molar-refractivity contribution in [3.63, 3.8) is 0 Å². The van der Waals surface area contributed by atoms with Crippen LogP contribution in [-0.4, -0.2) is 21.9 Å². The van der Waals surface area contributed by atoms with Gasteiger partial charge in [-0.3, -0.25) is 9.78 Å². The number of rotatable bonds is 5. The van der Waals surface area contributed by atoms with Crippen LogP contribution in [0.4, 0.5) is 0 Å². The smallest absolute Gasteiger partial charge is 0.178 e. The lowest BCUT2D eigenvalue weighted by Crippen LogP contribution is -2.23. The summed E-state index contributed by atoms with van der Waals surface area (Å²) in [6.45, 7) is 4.92. The van der Waals surface area contributed by atoms with Crippen LogP contribution in [0.2, 0.25) is 0 Å².